The van der Waals surface area contributed by atoms with Crippen LogP contribution in [0.15, 0.2) is 46.1 Å². The molecule has 1 aliphatic carbocycles. The topological polar surface area (TPSA) is 54.9 Å². The zero-order valence-corrected chi connectivity index (χ0v) is 11.5. The van der Waals surface area contributed by atoms with Gasteiger partial charge in [0.25, 0.3) is 5.56 Å². The Labute approximate surface area is 117 Å². The van der Waals surface area contributed by atoms with Gasteiger partial charge in [0.05, 0.1) is 0 Å². The summed E-state index contributed by atoms with van der Waals surface area (Å²) in [6.45, 7) is 2.39. The lowest BCUT2D eigenvalue weighted by atomic mass is 10.1. The van der Waals surface area contributed by atoms with Crippen LogP contribution in [-0.2, 0) is 6.54 Å². The minimum absolute atomic E-state index is 0.292. The van der Waals surface area contributed by atoms with E-state index in [-0.39, 0.29) is 11.2 Å². The molecule has 4 nitrogen and oxygen atoms in total. The molecule has 0 amide bonds. The summed E-state index contributed by atoms with van der Waals surface area (Å²) in [4.78, 5) is 25.3. The molecule has 1 saturated carbocycles. The molecule has 1 fully saturated rings. The fourth-order valence-corrected chi connectivity index (χ4v) is 2.76. The van der Waals surface area contributed by atoms with Gasteiger partial charge in [0.15, 0.2) is 0 Å². The van der Waals surface area contributed by atoms with Gasteiger partial charge in [0.1, 0.15) is 0 Å². The molecule has 4 heteroatoms. The molecule has 20 heavy (non-hydrogen) atoms. The Morgan fingerprint density at radius 2 is 2.00 bits per heavy atom. The van der Waals surface area contributed by atoms with Gasteiger partial charge in [-0.3, -0.25) is 9.78 Å². The van der Waals surface area contributed by atoms with Crippen molar-refractivity contribution < 1.29 is 0 Å². The number of H-pyrrole nitrogens is 1. The van der Waals surface area contributed by atoms with Crippen LogP contribution in [0.4, 0.5) is 0 Å². The normalized spacial score (nSPS) is 20.9. The zero-order chi connectivity index (χ0) is 14.1. The highest BCUT2D eigenvalue weighted by Gasteiger charge is 2.37. The molecule has 1 heterocycles. The van der Waals surface area contributed by atoms with Gasteiger partial charge in [-0.15, -0.1) is 0 Å². The van der Waals surface area contributed by atoms with E-state index in [0.29, 0.717) is 23.9 Å². The highest BCUT2D eigenvalue weighted by atomic mass is 16.2. The van der Waals surface area contributed by atoms with Crippen molar-refractivity contribution in [2.24, 2.45) is 5.92 Å². The van der Waals surface area contributed by atoms with Crippen molar-refractivity contribution in [1.29, 1.82) is 0 Å². The SMILES string of the molecule is Cc1cn(CC[C@@H]2C[C@H]2c2ccccc2)c(=O)[nH]c1=O. The Morgan fingerprint density at radius 3 is 2.75 bits per heavy atom. The Hall–Kier alpha value is -2.10. The first-order valence-electron chi connectivity index (χ1n) is 7.00. The number of hydrogen-bond donors (Lipinski definition) is 1. The van der Waals surface area contributed by atoms with E-state index in [2.05, 4.69) is 29.2 Å². The minimum Gasteiger partial charge on any atom is -0.300 e. The lowest BCUT2D eigenvalue weighted by Gasteiger charge is -2.05. The van der Waals surface area contributed by atoms with Crippen LogP contribution in [0.3, 0.4) is 0 Å². The smallest absolute Gasteiger partial charge is 0.300 e. The number of aromatic amines is 1. The maximum atomic E-state index is 11.7. The van der Waals surface area contributed by atoms with Crippen LogP contribution < -0.4 is 11.2 Å². The quantitative estimate of drug-likeness (QED) is 0.924. The van der Waals surface area contributed by atoms with E-state index in [0.717, 1.165) is 6.42 Å². The number of hydrogen-bond acceptors (Lipinski definition) is 2. The Morgan fingerprint density at radius 1 is 1.25 bits per heavy atom. The molecule has 104 valence electrons. The van der Waals surface area contributed by atoms with Crippen molar-refractivity contribution in [2.45, 2.75) is 32.2 Å². The third-order valence-corrected chi connectivity index (χ3v) is 4.08. The summed E-state index contributed by atoms with van der Waals surface area (Å²) >= 11 is 0. The van der Waals surface area contributed by atoms with Crippen LogP contribution in [0.25, 0.3) is 0 Å². The summed E-state index contributed by atoms with van der Waals surface area (Å²) in [5, 5.41) is 0. The molecule has 0 aliphatic heterocycles. The fourth-order valence-electron chi connectivity index (χ4n) is 2.76. The van der Waals surface area contributed by atoms with Crippen molar-refractivity contribution in [3.63, 3.8) is 0 Å². The van der Waals surface area contributed by atoms with Crippen LogP contribution in [0.5, 0.6) is 0 Å². The van der Waals surface area contributed by atoms with Crippen LogP contribution in [0.1, 0.15) is 29.9 Å². The van der Waals surface area contributed by atoms with Crippen molar-refractivity contribution >= 4 is 0 Å². The third-order valence-electron chi connectivity index (χ3n) is 4.08. The maximum absolute atomic E-state index is 11.7. The lowest BCUT2D eigenvalue weighted by Crippen LogP contribution is -2.30. The average Bonchev–Trinajstić information content (AvgIpc) is 3.22. The molecular formula is C16H18N2O2. The van der Waals surface area contributed by atoms with Crippen molar-refractivity contribution in [1.82, 2.24) is 9.55 Å². The van der Waals surface area contributed by atoms with Crippen LogP contribution in [0.2, 0.25) is 0 Å². The number of rotatable bonds is 4. The first-order chi connectivity index (χ1) is 9.65. The second kappa shape index (κ2) is 5.12. The Bertz CT molecular complexity index is 715. The average molecular weight is 270 g/mol. The van der Waals surface area contributed by atoms with Crippen LogP contribution >= 0.6 is 0 Å². The number of aryl methyl sites for hydroxylation is 2. The van der Waals surface area contributed by atoms with Gasteiger partial charge < -0.3 is 4.57 Å². The molecule has 0 saturated heterocycles. The molecule has 1 aliphatic rings. The largest absolute Gasteiger partial charge is 0.328 e. The van der Waals surface area contributed by atoms with E-state index in [1.54, 1.807) is 17.7 Å². The fraction of sp³-hybridized carbons (Fsp3) is 0.375. The summed E-state index contributed by atoms with van der Waals surface area (Å²) in [6.07, 6.45) is 3.83. The van der Waals surface area contributed by atoms with Crippen molar-refractivity contribution in [3.05, 3.63) is 68.5 Å². The highest BCUT2D eigenvalue weighted by molar-refractivity contribution is 5.25. The van der Waals surface area contributed by atoms with Gasteiger partial charge in [-0.1, -0.05) is 30.3 Å². The predicted molar refractivity (Wildman–Crippen MR) is 78.0 cm³/mol. The summed E-state index contributed by atoms with van der Waals surface area (Å²) < 4.78 is 1.61. The number of nitrogens with zero attached hydrogens (tertiary/aromatic N) is 1. The van der Waals surface area contributed by atoms with E-state index in [1.165, 1.54) is 12.0 Å². The van der Waals surface area contributed by atoms with Crippen LogP contribution in [0, 0.1) is 12.8 Å². The zero-order valence-electron chi connectivity index (χ0n) is 11.5. The molecular weight excluding hydrogens is 252 g/mol. The van der Waals surface area contributed by atoms with Crippen LogP contribution in [-0.4, -0.2) is 9.55 Å². The van der Waals surface area contributed by atoms with E-state index >= 15 is 0 Å². The van der Waals surface area contributed by atoms with E-state index in [4.69, 9.17) is 0 Å². The second-order valence-electron chi connectivity index (χ2n) is 5.57. The predicted octanol–water partition coefficient (Wildman–Crippen LogP) is 2.04. The van der Waals surface area contributed by atoms with Gasteiger partial charge in [0.2, 0.25) is 0 Å². The first-order valence-corrected chi connectivity index (χ1v) is 7.00. The molecule has 1 aromatic heterocycles. The molecule has 1 aromatic carbocycles. The molecule has 0 spiro atoms. The Balaban J connectivity index is 1.64. The highest BCUT2D eigenvalue weighted by Crippen LogP contribution is 2.49. The summed E-state index contributed by atoms with van der Waals surface area (Å²) in [6, 6.07) is 10.5. The summed E-state index contributed by atoms with van der Waals surface area (Å²) in [5.41, 5.74) is 1.37. The molecule has 2 atom stereocenters. The molecule has 3 rings (SSSR count). The molecule has 0 radical (unpaired) electrons. The molecule has 1 N–H and O–H groups in total. The van der Waals surface area contributed by atoms with E-state index < -0.39 is 0 Å². The van der Waals surface area contributed by atoms with E-state index in [9.17, 15) is 9.59 Å². The number of benzene rings is 1. The molecule has 0 unspecified atom stereocenters. The summed E-state index contributed by atoms with van der Waals surface area (Å²) in [7, 11) is 0. The molecule has 0 bridgehead atoms. The standard InChI is InChI=1S/C16H18N2O2/c1-11-10-18(16(20)17-15(11)19)8-7-13-9-14(13)12-5-3-2-4-6-12/h2-6,10,13-14H,7-9H2,1H3,(H,17,19,20)/t13-,14+/m1/s1. The van der Waals surface area contributed by atoms with Gasteiger partial charge in [0, 0.05) is 18.3 Å². The van der Waals surface area contributed by atoms with Gasteiger partial charge in [-0.2, -0.15) is 0 Å². The number of nitrogens with one attached hydrogen (secondary N) is 1. The lowest BCUT2D eigenvalue weighted by molar-refractivity contribution is 0.559. The second-order valence-corrected chi connectivity index (χ2v) is 5.57. The Kier molecular flexibility index (Phi) is 3.30. The first kappa shape index (κ1) is 12.9. The maximum Gasteiger partial charge on any atom is 0.328 e. The monoisotopic (exact) mass is 270 g/mol. The van der Waals surface area contributed by atoms with Crippen molar-refractivity contribution in [3.8, 4) is 0 Å². The van der Waals surface area contributed by atoms with Gasteiger partial charge in [-0.05, 0) is 37.2 Å². The summed E-state index contributed by atoms with van der Waals surface area (Å²) in [5.74, 6) is 1.28. The third kappa shape index (κ3) is 2.59. The van der Waals surface area contributed by atoms with Crippen molar-refractivity contribution in [2.75, 3.05) is 0 Å². The van der Waals surface area contributed by atoms with Gasteiger partial charge >= 0.3 is 5.69 Å². The molecule has 2 aromatic rings. The minimum atomic E-state index is -0.308. The van der Waals surface area contributed by atoms with E-state index in [1.807, 2.05) is 6.07 Å². The number of aromatic nitrogens is 2. The van der Waals surface area contributed by atoms with Gasteiger partial charge in [-0.25, -0.2) is 4.79 Å².